The minimum absolute atomic E-state index is 0.0184. The maximum Gasteiger partial charge on any atom is 0.411 e. The van der Waals surface area contributed by atoms with Gasteiger partial charge < -0.3 is 18.9 Å². The molecule has 33 heavy (non-hydrogen) atoms. The Hall–Kier alpha value is -2.32. The molecule has 8 nitrogen and oxygen atoms in total. The molecule has 0 aliphatic heterocycles. The fourth-order valence-corrected chi connectivity index (χ4v) is 7.30. The van der Waals surface area contributed by atoms with E-state index in [1.165, 1.54) is 12.0 Å². The molecule has 1 N–H and O–H groups in total. The van der Waals surface area contributed by atoms with Crippen LogP contribution in [0, 0.1) is 0 Å². The minimum Gasteiger partial charge on any atom is -0.480 e. The summed E-state index contributed by atoms with van der Waals surface area (Å²) in [5.74, 6) is -1.20. The maximum atomic E-state index is 13.0. The second-order valence-corrected chi connectivity index (χ2v) is 10.8. The second kappa shape index (κ2) is 11.2. The van der Waals surface area contributed by atoms with E-state index in [1.807, 2.05) is 48.5 Å². The molecule has 1 aliphatic rings. The summed E-state index contributed by atoms with van der Waals surface area (Å²) in [6.07, 6.45) is -0.752. The van der Waals surface area contributed by atoms with E-state index in [4.69, 9.17) is 13.8 Å². The normalized spacial score (nSPS) is 13.8. The molecule has 1 unspecified atom stereocenters. The summed E-state index contributed by atoms with van der Waals surface area (Å²) in [5.41, 5.74) is 3.52. The van der Waals surface area contributed by atoms with Crippen LogP contribution in [0.4, 0.5) is 4.79 Å². The zero-order chi connectivity index (χ0) is 24.0. The van der Waals surface area contributed by atoms with E-state index in [0.29, 0.717) is 0 Å². The van der Waals surface area contributed by atoms with Gasteiger partial charge >= 0.3 is 19.7 Å². The summed E-state index contributed by atoms with van der Waals surface area (Å²) in [7, 11) is -2.13. The first kappa shape index (κ1) is 25.3. The number of thioether (sulfide) groups is 1. The van der Waals surface area contributed by atoms with Crippen molar-refractivity contribution in [3.05, 3.63) is 59.7 Å². The summed E-state index contributed by atoms with van der Waals surface area (Å²) in [4.78, 5) is 26.6. The number of hydrogen-bond donors (Lipinski definition) is 1. The average Bonchev–Trinajstić information content (AvgIpc) is 3.13. The Morgan fingerprint density at radius 1 is 1.03 bits per heavy atom. The van der Waals surface area contributed by atoms with Crippen LogP contribution in [0.2, 0.25) is 0 Å². The van der Waals surface area contributed by atoms with Gasteiger partial charge in [-0.2, -0.15) is 0 Å². The summed E-state index contributed by atoms with van der Waals surface area (Å²) in [5, 5.41) is 10.1. The average molecular weight is 494 g/mol. The van der Waals surface area contributed by atoms with Crippen LogP contribution in [-0.2, 0) is 23.1 Å². The van der Waals surface area contributed by atoms with Gasteiger partial charge in [0.25, 0.3) is 0 Å². The molecule has 1 amide bonds. The number of hydrogen-bond acceptors (Lipinski definition) is 7. The van der Waals surface area contributed by atoms with Crippen molar-refractivity contribution >= 4 is 31.4 Å². The molecule has 1 atom stereocenters. The molecule has 10 heteroatoms. The van der Waals surface area contributed by atoms with Gasteiger partial charge in [-0.05, 0) is 36.1 Å². The highest BCUT2D eigenvalue weighted by atomic mass is 32.2. The van der Waals surface area contributed by atoms with Gasteiger partial charge in [0.1, 0.15) is 6.04 Å². The van der Waals surface area contributed by atoms with E-state index >= 15 is 0 Å². The Morgan fingerprint density at radius 3 is 2.00 bits per heavy atom. The van der Waals surface area contributed by atoms with Gasteiger partial charge in [0.15, 0.2) is 0 Å². The first-order valence-electron chi connectivity index (χ1n) is 10.6. The number of nitrogens with zero attached hydrogens (tertiary/aromatic N) is 1. The van der Waals surface area contributed by atoms with Crippen molar-refractivity contribution in [3.8, 4) is 11.1 Å². The molecule has 0 saturated heterocycles. The van der Waals surface area contributed by atoms with Crippen LogP contribution in [-0.4, -0.2) is 59.7 Å². The van der Waals surface area contributed by atoms with Crippen molar-refractivity contribution < 1.29 is 33.0 Å². The SMILES string of the molecule is CCOP(=O)(CSCC(C(=O)O)N(C(=O)OC)C1c2ccccc2-c2ccccc21)OCC. The summed E-state index contributed by atoms with van der Waals surface area (Å²) in [6.45, 7) is 3.85. The molecule has 0 heterocycles. The molecule has 1 aliphatic carbocycles. The molecule has 0 spiro atoms. The lowest BCUT2D eigenvalue weighted by molar-refractivity contribution is -0.142. The van der Waals surface area contributed by atoms with Gasteiger partial charge in [0, 0.05) is 5.75 Å². The van der Waals surface area contributed by atoms with Gasteiger partial charge in [0.2, 0.25) is 0 Å². The number of carbonyl (C=O) groups excluding carboxylic acids is 1. The highest BCUT2D eigenvalue weighted by Crippen LogP contribution is 2.51. The molecule has 2 aromatic rings. The molecule has 3 rings (SSSR count). The Bertz CT molecular complexity index is 991. The number of methoxy groups -OCH3 is 1. The third-order valence-electron chi connectivity index (χ3n) is 5.26. The van der Waals surface area contributed by atoms with Crippen molar-refractivity contribution in [2.45, 2.75) is 25.9 Å². The van der Waals surface area contributed by atoms with Crippen LogP contribution in [0.5, 0.6) is 0 Å². The molecule has 0 aromatic heterocycles. The second-order valence-electron chi connectivity index (χ2n) is 7.25. The van der Waals surface area contributed by atoms with Gasteiger partial charge in [0.05, 0.1) is 31.9 Å². The van der Waals surface area contributed by atoms with E-state index in [1.54, 1.807) is 13.8 Å². The third kappa shape index (κ3) is 5.44. The lowest BCUT2D eigenvalue weighted by Crippen LogP contribution is -2.48. The zero-order valence-corrected chi connectivity index (χ0v) is 20.5. The Labute approximate surface area is 197 Å². The molecule has 0 saturated carbocycles. The van der Waals surface area contributed by atoms with E-state index in [2.05, 4.69) is 0 Å². The first-order valence-corrected chi connectivity index (χ1v) is 13.5. The standard InChI is InChI=1S/C23H28NO7PS/c1-4-30-32(28,31-5-2)15-33-14-20(22(25)26)24(23(27)29-3)21-18-12-8-6-10-16(18)17-11-7-9-13-19(17)21/h6-13,20-21H,4-5,14-15H2,1-3H3,(H,25,26). The van der Waals surface area contributed by atoms with Crippen LogP contribution in [0.25, 0.3) is 11.1 Å². The molecular formula is C23H28NO7PS. The van der Waals surface area contributed by atoms with Crippen LogP contribution in [0.15, 0.2) is 48.5 Å². The van der Waals surface area contributed by atoms with Gasteiger partial charge in [-0.3, -0.25) is 9.46 Å². The molecule has 178 valence electrons. The Morgan fingerprint density at radius 2 is 1.55 bits per heavy atom. The van der Waals surface area contributed by atoms with Crippen molar-refractivity contribution in [1.29, 1.82) is 0 Å². The number of carbonyl (C=O) groups is 2. The fourth-order valence-electron chi connectivity index (χ4n) is 4.00. The van der Waals surface area contributed by atoms with Crippen LogP contribution in [0.1, 0.15) is 31.0 Å². The van der Waals surface area contributed by atoms with Crippen molar-refractivity contribution in [2.24, 2.45) is 0 Å². The predicted molar refractivity (Wildman–Crippen MR) is 128 cm³/mol. The largest absolute Gasteiger partial charge is 0.480 e. The number of amides is 1. The topological polar surface area (TPSA) is 102 Å². The first-order chi connectivity index (χ1) is 15.9. The minimum atomic E-state index is -3.36. The van der Waals surface area contributed by atoms with Gasteiger partial charge in [-0.1, -0.05) is 48.5 Å². The highest BCUT2D eigenvalue weighted by molar-refractivity contribution is 8.04. The van der Waals surface area contributed by atoms with E-state index in [0.717, 1.165) is 34.0 Å². The summed E-state index contributed by atoms with van der Waals surface area (Å²) < 4.78 is 28.4. The van der Waals surface area contributed by atoms with Crippen LogP contribution in [0.3, 0.4) is 0 Å². The van der Waals surface area contributed by atoms with Crippen molar-refractivity contribution in [3.63, 3.8) is 0 Å². The van der Waals surface area contributed by atoms with Crippen molar-refractivity contribution in [1.82, 2.24) is 4.90 Å². The number of fused-ring (bicyclic) bond motifs is 3. The molecule has 0 fully saturated rings. The predicted octanol–water partition coefficient (Wildman–Crippen LogP) is 5.23. The molecule has 0 radical (unpaired) electrons. The Balaban J connectivity index is 1.95. The fraction of sp³-hybridized carbons (Fsp3) is 0.391. The van der Waals surface area contributed by atoms with Gasteiger partial charge in [-0.25, -0.2) is 9.59 Å². The maximum absolute atomic E-state index is 13.0. The van der Waals surface area contributed by atoms with E-state index in [-0.39, 0.29) is 24.5 Å². The molecular weight excluding hydrogens is 465 g/mol. The van der Waals surface area contributed by atoms with Crippen molar-refractivity contribution in [2.75, 3.05) is 31.6 Å². The lowest BCUT2D eigenvalue weighted by atomic mass is 10.0. The number of carboxylic acids is 1. The smallest absolute Gasteiger partial charge is 0.411 e. The number of benzene rings is 2. The van der Waals surface area contributed by atoms with Gasteiger partial charge in [-0.15, -0.1) is 11.8 Å². The summed E-state index contributed by atoms with van der Waals surface area (Å²) in [6, 6.07) is 13.4. The lowest BCUT2D eigenvalue weighted by Gasteiger charge is -2.34. The molecule has 2 aromatic carbocycles. The summed E-state index contributed by atoms with van der Waals surface area (Å²) >= 11 is 1.11. The van der Waals surface area contributed by atoms with E-state index < -0.39 is 31.7 Å². The van der Waals surface area contributed by atoms with Crippen LogP contribution < -0.4 is 0 Å². The number of rotatable bonds is 11. The monoisotopic (exact) mass is 493 g/mol. The zero-order valence-electron chi connectivity index (χ0n) is 18.8. The number of ether oxygens (including phenoxy) is 1. The van der Waals surface area contributed by atoms with E-state index in [9.17, 15) is 19.3 Å². The van der Waals surface area contributed by atoms with Crippen LogP contribution >= 0.6 is 19.4 Å². The highest BCUT2D eigenvalue weighted by Gasteiger charge is 2.42. The number of aliphatic carboxylic acids is 1. The Kier molecular flexibility index (Phi) is 8.59. The molecule has 0 bridgehead atoms. The third-order valence-corrected chi connectivity index (χ3v) is 9.11. The quantitative estimate of drug-likeness (QED) is 0.424. The number of carboxylic acid groups (broad SMARTS) is 1.